The molecule has 3 nitrogen and oxygen atoms in total. The second-order valence-electron chi connectivity index (χ2n) is 2.59. The van der Waals surface area contributed by atoms with Crippen molar-refractivity contribution >= 4 is 0 Å². The van der Waals surface area contributed by atoms with Crippen molar-refractivity contribution in [3.63, 3.8) is 0 Å². The summed E-state index contributed by atoms with van der Waals surface area (Å²) in [6.07, 6.45) is -0.739. The van der Waals surface area contributed by atoms with Gasteiger partial charge in [-0.2, -0.15) is 5.10 Å². The van der Waals surface area contributed by atoms with Gasteiger partial charge in [-0.15, -0.1) is 0 Å². The van der Waals surface area contributed by atoms with Gasteiger partial charge in [-0.05, 0) is 13.0 Å². The summed E-state index contributed by atoms with van der Waals surface area (Å²) >= 11 is 0. The Morgan fingerprint density at radius 2 is 2.42 bits per heavy atom. The molecule has 0 fully saturated rings. The first-order valence-electron chi connectivity index (χ1n) is 3.70. The molecular formula is C7H11F2N3. The predicted molar refractivity (Wildman–Crippen MR) is 40.9 cm³/mol. The van der Waals surface area contributed by atoms with E-state index in [1.807, 2.05) is 0 Å². The molecule has 0 aliphatic rings. The molecule has 0 radical (unpaired) electrons. The van der Waals surface area contributed by atoms with Gasteiger partial charge in [-0.1, -0.05) is 0 Å². The Hall–Kier alpha value is -0.970. The highest BCUT2D eigenvalue weighted by Gasteiger charge is 2.12. The summed E-state index contributed by atoms with van der Waals surface area (Å²) in [5, 5.41) is 9.03. The highest BCUT2D eigenvalue weighted by atomic mass is 19.3. The van der Waals surface area contributed by atoms with E-state index in [0.29, 0.717) is 6.54 Å². The lowest BCUT2D eigenvalue weighted by molar-refractivity contribution is 0.105. The summed E-state index contributed by atoms with van der Waals surface area (Å²) in [6, 6.07) is 0.957. The molecule has 0 aromatic carbocycles. The zero-order chi connectivity index (χ0) is 8.97. The van der Waals surface area contributed by atoms with E-state index < -0.39 is 12.5 Å². The number of aromatic nitrogens is 2. The summed E-state index contributed by atoms with van der Waals surface area (Å²) in [7, 11) is 0. The van der Waals surface area contributed by atoms with Crippen molar-refractivity contribution < 1.29 is 8.78 Å². The number of aromatic amines is 1. The third-order valence-corrected chi connectivity index (χ3v) is 1.55. The number of H-pyrrole nitrogens is 1. The Bertz CT molecular complexity index is 210. The maximum absolute atomic E-state index is 12.0. The van der Waals surface area contributed by atoms with Crippen LogP contribution in [0.1, 0.15) is 12.6 Å². The van der Waals surface area contributed by atoms with Crippen LogP contribution in [0, 0.1) is 0 Å². The molecule has 1 aromatic heterocycles. The van der Waals surface area contributed by atoms with Crippen molar-refractivity contribution in [2.24, 2.45) is 0 Å². The quantitative estimate of drug-likeness (QED) is 0.720. The number of nitrogens with zero attached hydrogens (tertiary/aromatic N) is 1. The average Bonchev–Trinajstić information content (AvgIpc) is 2.51. The van der Waals surface area contributed by atoms with Gasteiger partial charge in [0.05, 0.1) is 6.04 Å². The molecule has 2 N–H and O–H groups in total. The van der Waals surface area contributed by atoms with Crippen LogP contribution in [-0.4, -0.2) is 22.7 Å². The molecule has 0 aliphatic heterocycles. The van der Waals surface area contributed by atoms with Crippen LogP contribution in [0.25, 0.3) is 0 Å². The third-order valence-electron chi connectivity index (χ3n) is 1.55. The Balaban J connectivity index is 2.27. The number of halogens is 2. The van der Waals surface area contributed by atoms with Crippen molar-refractivity contribution in [1.29, 1.82) is 0 Å². The molecule has 1 heterocycles. The van der Waals surface area contributed by atoms with Crippen LogP contribution >= 0.6 is 0 Å². The lowest BCUT2D eigenvalue weighted by atomic mass is 10.3. The van der Waals surface area contributed by atoms with Crippen molar-refractivity contribution in [3.05, 3.63) is 18.0 Å². The fraction of sp³-hybridized carbons (Fsp3) is 0.571. The number of rotatable bonds is 4. The van der Waals surface area contributed by atoms with Gasteiger partial charge in [0.25, 0.3) is 6.43 Å². The first-order valence-corrected chi connectivity index (χ1v) is 3.70. The molecule has 1 unspecified atom stereocenters. The fourth-order valence-corrected chi connectivity index (χ4v) is 0.743. The molecule has 1 rings (SSSR count). The van der Waals surface area contributed by atoms with Crippen LogP contribution in [0.4, 0.5) is 8.78 Å². The number of hydrogen-bond donors (Lipinski definition) is 2. The van der Waals surface area contributed by atoms with E-state index in [1.54, 1.807) is 12.3 Å². The maximum atomic E-state index is 12.0. The second kappa shape index (κ2) is 4.15. The van der Waals surface area contributed by atoms with Gasteiger partial charge in [0.1, 0.15) is 0 Å². The van der Waals surface area contributed by atoms with Gasteiger partial charge in [0.15, 0.2) is 0 Å². The Labute approximate surface area is 69.2 Å². The molecule has 68 valence electrons. The largest absolute Gasteiger partial charge is 0.303 e. The molecule has 0 bridgehead atoms. The molecule has 12 heavy (non-hydrogen) atoms. The van der Waals surface area contributed by atoms with Gasteiger partial charge in [0.2, 0.25) is 0 Å². The van der Waals surface area contributed by atoms with Crippen LogP contribution < -0.4 is 5.32 Å². The minimum absolute atomic E-state index is 0.394. The molecule has 0 saturated carbocycles. The highest BCUT2D eigenvalue weighted by Crippen LogP contribution is 2.00. The molecule has 0 saturated heterocycles. The van der Waals surface area contributed by atoms with E-state index in [1.165, 1.54) is 6.92 Å². The van der Waals surface area contributed by atoms with Gasteiger partial charge < -0.3 is 5.32 Å². The molecular weight excluding hydrogens is 164 g/mol. The first-order chi connectivity index (χ1) is 5.70. The van der Waals surface area contributed by atoms with E-state index in [-0.39, 0.29) is 0 Å². The predicted octanol–water partition coefficient (Wildman–Crippen LogP) is 1.15. The highest BCUT2D eigenvalue weighted by molar-refractivity contribution is 4.96. The van der Waals surface area contributed by atoms with E-state index in [4.69, 9.17) is 0 Å². The minimum atomic E-state index is -2.33. The Kier molecular flexibility index (Phi) is 3.16. The monoisotopic (exact) mass is 175 g/mol. The van der Waals surface area contributed by atoms with Crippen LogP contribution in [-0.2, 0) is 6.54 Å². The van der Waals surface area contributed by atoms with Crippen molar-refractivity contribution in [2.45, 2.75) is 25.9 Å². The SMILES string of the molecule is CC(NCc1ccn[nH]1)C(F)F. The smallest absolute Gasteiger partial charge is 0.253 e. The molecule has 5 heteroatoms. The summed E-state index contributed by atoms with van der Waals surface area (Å²) in [4.78, 5) is 0. The van der Waals surface area contributed by atoms with E-state index in [0.717, 1.165) is 5.69 Å². The zero-order valence-corrected chi connectivity index (χ0v) is 6.72. The van der Waals surface area contributed by atoms with Crippen molar-refractivity contribution in [1.82, 2.24) is 15.5 Å². The fourth-order valence-electron chi connectivity index (χ4n) is 0.743. The van der Waals surface area contributed by atoms with Crippen LogP contribution in [0.3, 0.4) is 0 Å². The van der Waals surface area contributed by atoms with E-state index >= 15 is 0 Å². The molecule has 0 amide bonds. The molecule has 0 spiro atoms. The molecule has 1 atom stereocenters. The lowest BCUT2D eigenvalue weighted by Crippen LogP contribution is -2.32. The standard InChI is InChI=1S/C7H11F2N3/c1-5(7(8)9)10-4-6-2-3-11-12-6/h2-3,5,7,10H,4H2,1H3,(H,11,12). The van der Waals surface area contributed by atoms with Crippen LogP contribution in [0.5, 0.6) is 0 Å². The maximum Gasteiger partial charge on any atom is 0.253 e. The summed E-state index contributed by atoms with van der Waals surface area (Å²) < 4.78 is 23.9. The van der Waals surface area contributed by atoms with Crippen LogP contribution in [0.15, 0.2) is 12.3 Å². The summed E-state index contributed by atoms with van der Waals surface area (Å²) in [5.74, 6) is 0. The van der Waals surface area contributed by atoms with Crippen molar-refractivity contribution in [3.8, 4) is 0 Å². The Morgan fingerprint density at radius 3 is 2.92 bits per heavy atom. The van der Waals surface area contributed by atoms with Gasteiger partial charge >= 0.3 is 0 Å². The van der Waals surface area contributed by atoms with E-state index in [9.17, 15) is 8.78 Å². The van der Waals surface area contributed by atoms with Crippen molar-refractivity contribution in [2.75, 3.05) is 0 Å². The zero-order valence-electron chi connectivity index (χ0n) is 6.72. The van der Waals surface area contributed by atoms with Gasteiger partial charge in [0, 0.05) is 18.4 Å². The van der Waals surface area contributed by atoms with Gasteiger partial charge in [-0.25, -0.2) is 8.78 Å². The summed E-state index contributed by atoms with van der Waals surface area (Å²) in [5.41, 5.74) is 0.808. The Morgan fingerprint density at radius 1 is 1.67 bits per heavy atom. The average molecular weight is 175 g/mol. The lowest BCUT2D eigenvalue weighted by Gasteiger charge is -2.10. The minimum Gasteiger partial charge on any atom is -0.303 e. The molecule has 0 aliphatic carbocycles. The topological polar surface area (TPSA) is 40.7 Å². The number of hydrogen-bond acceptors (Lipinski definition) is 2. The number of alkyl halides is 2. The van der Waals surface area contributed by atoms with Crippen LogP contribution in [0.2, 0.25) is 0 Å². The van der Waals surface area contributed by atoms with Gasteiger partial charge in [-0.3, -0.25) is 5.10 Å². The van der Waals surface area contributed by atoms with E-state index in [2.05, 4.69) is 15.5 Å². The second-order valence-corrected chi connectivity index (χ2v) is 2.59. The normalized spacial score (nSPS) is 13.7. The summed E-state index contributed by atoms with van der Waals surface area (Å²) in [6.45, 7) is 1.84. The third kappa shape index (κ3) is 2.58. The first kappa shape index (κ1) is 9.12. The number of nitrogens with one attached hydrogen (secondary N) is 2. The molecule has 1 aromatic rings.